The third kappa shape index (κ3) is 1.23. The van der Waals surface area contributed by atoms with Crippen LogP contribution >= 0.6 is 0 Å². The van der Waals surface area contributed by atoms with Crippen molar-refractivity contribution in [1.82, 2.24) is 4.57 Å². The zero-order valence-electron chi connectivity index (χ0n) is 8.75. The Kier molecular flexibility index (Phi) is 2.30. The molecule has 2 rings (SSSR count). The van der Waals surface area contributed by atoms with Gasteiger partial charge in [0.05, 0.1) is 5.52 Å². The summed E-state index contributed by atoms with van der Waals surface area (Å²) in [5.74, 6) is 0. The molecule has 2 N–H and O–H groups in total. The summed E-state index contributed by atoms with van der Waals surface area (Å²) in [6.07, 6.45) is 3.27. The van der Waals surface area contributed by atoms with Crippen molar-refractivity contribution in [3.63, 3.8) is 0 Å². The molecule has 2 nitrogen and oxygen atoms in total. The number of benzene rings is 1. The van der Waals surface area contributed by atoms with Crippen LogP contribution in [0, 0.1) is 0 Å². The zero-order valence-corrected chi connectivity index (χ0v) is 8.75. The number of hydrogen-bond acceptors (Lipinski definition) is 1. The van der Waals surface area contributed by atoms with Crippen LogP contribution in [-0.4, -0.2) is 4.57 Å². The fourth-order valence-corrected chi connectivity index (χ4v) is 2.08. The predicted molar refractivity (Wildman–Crippen MR) is 60.2 cm³/mol. The number of aromatic nitrogens is 1. The van der Waals surface area contributed by atoms with E-state index in [1.165, 1.54) is 22.0 Å². The van der Waals surface area contributed by atoms with Gasteiger partial charge in [-0.3, -0.25) is 0 Å². The molecule has 1 aromatic heterocycles. The van der Waals surface area contributed by atoms with E-state index in [1.54, 1.807) is 0 Å². The molecule has 0 amide bonds. The van der Waals surface area contributed by atoms with Gasteiger partial charge in [-0.2, -0.15) is 0 Å². The van der Waals surface area contributed by atoms with E-state index in [1.807, 2.05) is 0 Å². The Bertz CT molecular complexity index is 455. The van der Waals surface area contributed by atoms with Crippen LogP contribution < -0.4 is 5.73 Å². The third-order valence-electron chi connectivity index (χ3n) is 2.77. The summed E-state index contributed by atoms with van der Waals surface area (Å²) in [5, 5.41) is 1.35. The van der Waals surface area contributed by atoms with Crippen LogP contribution in [0.1, 0.15) is 18.1 Å². The molecule has 0 saturated heterocycles. The lowest BCUT2D eigenvalue weighted by Gasteiger charge is -2.02. The van der Waals surface area contributed by atoms with Gasteiger partial charge in [0.2, 0.25) is 0 Å². The first-order chi connectivity index (χ1) is 6.77. The number of rotatable bonds is 2. The number of para-hydroxylation sites is 1. The Morgan fingerprint density at radius 3 is 2.71 bits per heavy atom. The first kappa shape index (κ1) is 9.28. The summed E-state index contributed by atoms with van der Waals surface area (Å²) in [4.78, 5) is 0. The highest BCUT2D eigenvalue weighted by molar-refractivity contribution is 5.86. The molecule has 0 aliphatic rings. The quantitative estimate of drug-likeness (QED) is 0.769. The first-order valence-electron chi connectivity index (χ1n) is 5.03. The minimum absolute atomic E-state index is 0.609. The molecular formula is C12H16N2. The minimum Gasteiger partial charge on any atom is -0.350 e. The fraction of sp³-hybridized carbons (Fsp3) is 0.333. The van der Waals surface area contributed by atoms with Crippen molar-refractivity contribution in [2.45, 2.75) is 19.9 Å². The van der Waals surface area contributed by atoms with Crippen molar-refractivity contribution < 1.29 is 0 Å². The van der Waals surface area contributed by atoms with Crippen molar-refractivity contribution in [2.24, 2.45) is 12.8 Å². The number of hydrogen-bond donors (Lipinski definition) is 1. The van der Waals surface area contributed by atoms with E-state index in [9.17, 15) is 0 Å². The second kappa shape index (κ2) is 3.46. The average molecular weight is 188 g/mol. The van der Waals surface area contributed by atoms with E-state index in [4.69, 9.17) is 5.73 Å². The Balaban J connectivity index is 2.81. The molecule has 1 aromatic carbocycles. The van der Waals surface area contributed by atoms with Crippen LogP contribution in [0.5, 0.6) is 0 Å². The normalized spacial score (nSPS) is 11.1. The van der Waals surface area contributed by atoms with Gasteiger partial charge in [-0.1, -0.05) is 25.1 Å². The molecule has 0 radical (unpaired) electrons. The molecule has 2 aromatic rings. The lowest BCUT2D eigenvalue weighted by atomic mass is 10.1. The van der Waals surface area contributed by atoms with Crippen molar-refractivity contribution in [1.29, 1.82) is 0 Å². The van der Waals surface area contributed by atoms with E-state index in [2.05, 4.69) is 42.9 Å². The number of fused-ring (bicyclic) bond motifs is 1. The molecule has 0 aliphatic heterocycles. The molecule has 0 unspecified atom stereocenters. The highest BCUT2D eigenvalue weighted by atomic mass is 14.9. The summed E-state index contributed by atoms with van der Waals surface area (Å²) >= 11 is 0. The molecule has 0 fully saturated rings. The minimum atomic E-state index is 0.609. The smallest absolute Gasteiger partial charge is 0.0526 e. The molecule has 0 spiro atoms. The third-order valence-corrected chi connectivity index (χ3v) is 2.77. The van der Waals surface area contributed by atoms with Gasteiger partial charge in [-0.25, -0.2) is 0 Å². The van der Waals surface area contributed by atoms with Crippen LogP contribution in [0.25, 0.3) is 10.9 Å². The lowest BCUT2D eigenvalue weighted by Crippen LogP contribution is -1.99. The maximum Gasteiger partial charge on any atom is 0.0526 e. The summed E-state index contributed by atoms with van der Waals surface area (Å²) in [7, 11) is 2.08. The Labute approximate surface area is 84.3 Å². The second-order valence-corrected chi connectivity index (χ2v) is 3.64. The van der Waals surface area contributed by atoms with Crippen molar-refractivity contribution in [2.75, 3.05) is 0 Å². The summed E-state index contributed by atoms with van der Waals surface area (Å²) in [5.41, 5.74) is 9.63. The molecule has 14 heavy (non-hydrogen) atoms. The van der Waals surface area contributed by atoms with Crippen molar-refractivity contribution in [3.8, 4) is 0 Å². The molecule has 74 valence electrons. The van der Waals surface area contributed by atoms with Gasteiger partial charge in [0.15, 0.2) is 0 Å². The predicted octanol–water partition coefficient (Wildman–Crippen LogP) is 2.20. The lowest BCUT2D eigenvalue weighted by molar-refractivity contribution is 0.939. The second-order valence-electron chi connectivity index (χ2n) is 3.64. The number of aryl methyl sites for hydroxylation is 2. The largest absolute Gasteiger partial charge is 0.350 e. The van der Waals surface area contributed by atoms with Crippen molar-refractivity contribution >= 4 is 10.9 Å². The Hall–Kier alpha value is -1.28. The molecule has 0 atom stereocenters. The average Bonchev–Trinajstić information content (AvgIpc) is 2.55. The molecule has 0 saturated carbocycles. The van der Waals surface area contributed by atoms with E-state index in [0.29, 0.717) is 6.54 Å². The number of nitrogens with zero attached hydrogens (tertiary/aromatic N) is 1. The van der Waals surface area contributed by atoms with Crippen LogP contribution in [0.15, 0.2) is 24.4 Å². The summed E-state index contributed by atoms with van der Waals surface area (Å²) in [6, 6.07) is 6.36. The van der Waals surface area contributed by atoms with Crippen LogP contribution in [0.2, 0.25) is 0 Å². The SMILES string of the molecule is CCc1cn(C)c2c(CN)cccc12. The van der Waals surface area contributed by atoms with E-state index < -0.39 is 0 Å². The van der Waals surface area contributed by atoms with Crippen LogP contribution in [0.4, 0.5) is 0 Å². The molecular weight excluding hydrogens is 172 g/mol. The molecule has 0 aliphatic carbocycles. The van der Waals surface area contributed by atoms with Gasteiger partial charge in [0.25, 0.3) is 0 Å². The maximum absolute atomic E-state index is 5.72. The highest BCUT2D eigenvalue weighted by Gasteiger charge is 2.07. The Morgan fingerprint density at radius 1 is 1.29 bits per heavy atom. The van der Waals surface area contributed by atoms with Crippen molar-refractivity contribution in [3.05, 3.63) is 35.5 Å². The van der Waals surface area contributed by atoms with Crippen LogP contribution in [-0.2, 0) is 20.0 Å². The first-order valence-corrected chi connectivity index (χ1v) is 5.03. The maximum atomic E-state index is 5.72. The Morgan fingerprint density at radius 2 is 2.07 bits per heavy atom. The summed E-state index contributed by atoms with van der Waals surface area (Å²) in [6.45, 7) is 2.79. The van der Waals surface area contributed by atoms with Gasteiger partial charge >= 0.3 is 0 Å². The van der Waals surface area contributed by atoms with Crippen LogP contribution in [0.3, 0.4) is 0 Å². The summed E-state index contributed by atoms with van der Waals surface area (Å²) < 4.78 is 2.18. The van der Waals surface area contributed by atoms with Gasteiger partial charge < -0.3 is 10.3 Å². The molecule has 2 heteroatoms. The highest BCUT2D eigenvalue weighted by Crippen LogP contribution is 2.24. The van der Waals surface area contributed by atoms with E-state index >= 15 is 0 Å². The molecule has 1 heterocycles. The van der Waals surface area contributed by atoms with E-state index in [-0.39, 0.29) is 0 Å². The van der Waals surface area contributed by atoms with Gasteiger partial charge in [-0.05, 0) is 17.5 Å². The van der Waals surface area contributed by atoms with Gasteiger partial charge in [0, 0.05) is 25.2 Å². The van der Waals surface area contributed by atoms with E-state index in [0.717, 1.165) is 6.42 Å². The number of nitrogens with two attached hydrogens (primary N) is 1. The fourth-order valence-electron chi connectivity index (χ4n) is 2.08. The monoisotopic (exact) mass is 188 g/mol. The molecule has 0 bridgehead atoms. The topological polar surface area (TPSA) is 30.9 Å². The van der Waals surface area contributed by atoms with Gasteiger partial charge in [0.1, 0.15) is 0 Å². The van der Waals surface area contributed by atoms with Gasteiger partial charge in [-0.15, -0.1) is 0 Å². The zero-order chi connectivity index (χ0) is 10.1. The standard InChI is InChI=1S/C12H16N2/c1-3-9-8-14(2)12-10(7-13)5-4-6-11(9)12/h4-6,8H,3,7,13H2,1-2H3.